The molecule has 1 aromatic carbocycles. The van der Waals surface area contributed by atoms with Crippen LogP contribution in [0.25, 0.3) is 10.6 Å². The van der Waals surface area contributed by atoms with E-state index in [1.165, 1.54) is 0 Å². The van der Waals surface area contributed by atoms with Crippen molar-refractivity contribution in [2.24, 2.45) is 5.73 Å². The van der Waals surface area contributed by atoms with Crippen LogP contribution >= 0.6 is 34.0 Å². The van der Waals surface area contributed by atoms with Crippen LogP contribution in [0, 0.1) is 0 Å². The van der Waals surface area contributed by atoms with E-state index in [2.05, 4.69) is 21.0 Å². The summed E-state index contributed by atoms with van der Waals surface area (Å²) in [6.07, 6.45) is 5.37. The zero-order valence-electron chi connectivity index (χ0n) is 11.9. The Kier molecular flexibility index (Phi) is 3.78. The van der Waals surface area contributed by atoms with Gasteiger partial charge in [0, 0.05) is 40.3 Å². The maximum absolute atomic E-state index is 6.93. The molecular weight excluding hydrogens is 344 g/mol. The Bertz CT molecular complexity index is 849. The number of nitrogens with zero attached hydrogens (tertiary/aromatic N) is 3. The van der Waals surface area contributed by atoms with Gasteiger partial charge >= 0.3 is 0 Å². The molecule has 0 atom stereocenters. The van der Waals surface area contributed by atoms with E-state index in [1.54, 1.807) is 46.4 Å². The van der Waals surface area contributed by atoms with Crippen LogP contribution in [0.2, 0.25) is 0 Å². The van der Waals surface area contributed by atoms with Crippen LogP contribution in [0.4, 0.5) is 0 Å². The predicted octanol–water partition coefficient (Wildman–Crippen LogP) is 3.97. The molecule has 0 aliphatic heterocycles. The molecule has 0 aliphatic rings. The molecule has 0 amide bonds. The van der Waals surface area contributed by atoms with Crippen LogP contribution in [0.15, 0.2) is 59.0 Å². The Morgan fingerprint density at radius 2 is 1.39 bits per heavy atom. The van der Waals surface area contributed by atoms with Gasteiger partial charge in [-0.1, -0.05) is 24.3 Å². The van der Waals surface area contributed by atoms with E-state index >= 15 is 0 Å². The maximum Gasteiger partial charge on any atom is 0.147 e. The van der Waals surface area contributed by atoms with Crippen LogP contribution < -0.4 is 5.73 Å². The highest BCUT2D eigenvalue weighted by atomic mass is 32.1. The molecule has 23 heavy (non-hydrogen) atoms. The minimum atomic E-state index is -0.870. The second-order valence-electron chi connectivity index (χ2n) is 4.87. The molecule has 0 aliphatic carbocycles. The van der Waals surface area contributed by atoms with Gasteiger partial charge in [-0.15, -0.1) is 34.0 Å². The summed E-state index contributed by atoms with van der Waals surface area (Å²) >= 11 is 4.68. The monoisotopic (exact) mass is 356 g/mol. The smallest absolute Gasteiger partial charge is 0.147 e. The summed E-state index contributed by atoms with van der Waals surface area (Å²) < 4.78 is 0. The van der Waals surface area contributed by atoms with E-state index in [0.29, 0.717) is 0 Å². The van der Waals surface area contributed by atoms with Gasteiger partial charge in [0.15, 0.2) is 0 Å². The summed E-state index contributed by atoms with van der Waals surface area (Å²) in [4.78, 5) is 13.4. The number of hydrogen-bond donors (Lipinski definition) is 1. The van der Waals surface area contributed by atoms with Crippen LogP contribution in [0.5, 0.6) is 0 Å². The van der Waals surface area contributed by atoms with Gasteiger partial charge in [-0.2, -0.15) is 0 Å². The molecule has 0 fully saturated rings. The Hall–Kier alpha value is -1.93. The van der Waals surface area contributed by atoms with E-state index < -0.39 is 5.54 Å². The molecule has 2 N–H and O–H groups in total. The van der Waals surface area contributed by atoms with Crippen LogP contribution in [0.3, 0.4) is 0 Å². The molecule has 114 valence electrons. The first-order valence-electron chi connectivity index (χ1n) is 6.88. The Balaban J connectivity index is 2.00. The lowest BCUT2D eigenvalue weighted by molar-refractivity contribution is 0.643. The lowest BCUT2D eigenvalue weighted by Crippen LogP contribution is -2.39. The van der Waals surface area contributed by atoms with Gasteiger partial charge in [0.05, 0.1) is 0 Å². The zero-order valence-corrected chi connectivity index (χ0v) is 14.4. The first-order valence-corrected chi connectivity index (χ1v) is 9.52. The molecule has 4 rings (SSSR count). The fourth-order valence-electron chi connectivity index (χ4n) is 2.53. The molecule has 0 unspecified atom stereocenters. The number of rotatable bonds is 4. The van der Waals surface area contributed by atoms with Gasteiger partial charge in [-0.25, -0.2) is 15.0 Å². The van der Waals surface area contributed by atoms with E-state index in [0.717, 1.165) is 26.1 Å². The highest BCUT2D eigenvalue weighted by Gasteiger charge is 2.39. The number of thiazole rings is 3. The van der Waals surface area contributed by atoms with E-state index in [-0.39, 0.29) is 0 Å². The molecule has 3 heterocycles. The molecule has 3 aromatic heterocycles. The molecule has 0 saturated carbocycles. The maximum atomic E-state index is 6.93. The number of benzene rings is 1. The van der Waals surface area contributed by atoms with Crippen LogP contribution in [-0.4, -0.2) is 15.0 Å². The van der Waals surface area contributed by atoms with Crippen molar-refractivity contribution >= 4 is 34.0 Å². The van der Waals surface area contributed by atoms with Gasteiger partial charge in [0.1, 0.15) is 20.6 Å². The van der Waals surface area contributed by atoms with Gasteiger partial charge in [-0.05, 0) is 5.56 Å². The number of aromatic nitrogens is 3. The van der Waals surface area contributed by atoms with Crippen LogP contribution in [-0.2, 0) is 5.54 Å². The predicted molar refractivity (Wildman–Crippen MR) is 95.8 cm³/mol. The molecule has 0 spiro atoms. The highest BCUT2D eigenvalue weighted by Crippen LogP contribution is 2.41. The second-order valence-corrected chi connectivity index (χ2v) is 7.55. The highest BCUT2D eigenvalue weighted by molar-refractivity contribution is 7.13. The largest absolute Gasteiger partial charge is 0.310 e. The molecule has 0 saturated heterocycles. The number of nitrogens with two attached hydrogens (primary N) is 1. The van der Waals surface area contributed by atoms with Gasteiger partial charge in [0.2, 0.25) is 0 Å². The van der Waals surface area contributed by atoms with E-state index in [4.69, 9.17) is 5.73 Å². The van der Waals surface area contributed by atoms with Crippen molar-refractivity contribution in [2.45, 2.75) is 5.54 Å². The summed E-state index contributed by atoms with van der Waals surface area (Å²) in [7, 11) is 0. The first-order chi connectivity index (χ1) is 11.3. The van der Waals surface area contributed by atoms with Gasteiger partial charge in [-0.3, -0.25) is 0 Å². The minimum absolute atomic E-state index is 0.830. The topological polar surface area (TPSA) is 64.7 Å². The van der Waals surface area contributed by atoms with Crippen molar-refractivity contribution in [3.05, 3.63) is 74.6 Å². The fraction of sp³-hybridized carbons (Fsp3) is 0.0625. The third-order valence-corrected chi connectivity index (χ3v) is 6.18. The van der Waals surface area contributed by atoms with Crippen molar-refractivity contribution in [1.82, 2.24) is 15.0 Å². The van der Waals surface area contributed by atoms with Crippen molar-refractivity contribution in [3.8, 4) is 10.6 Å². The Labute approximate surface area is 145 Å². The van der Waals surface area contributed by atoms with Crippen molar-refractivity contribution < 1.29 is 0 Å². The number of hydrogen-bond acceptors (Lipinski definition) is 7. The summed E-state index contributed by atoms with van der Waals surface area (Å²) in [5.74, 6) is 0. The third-order valence-electron chi connectivity index (χ3n) is 3.55. The lowest BCUT2D eigenvalue weighted by atomic mass is 9.88. The summed E-state index contributed by atoms with van der Waals surface area (Å²) in [6, 6.07) is 8.09. The standard InChI is InChI=1S/C16H12N4S3/c17-16(14-19-6-9-22-14,15-20-7-10-23-15)12-4-2-1-3-11(12)13-18-5-8-21-13/h1-10H,17H2. The second kappa shape index (κ2) is 5.93. The van der Waals surface area contributed by atoms with Crippen LogP contribution in [0.1, 0.15) is 15.6 Å². The average Bonchev–Trinajstić information content (AvgIpc) is 3.38. The first kappa shape index (κ1) is 14.6. The molecular formula is C16H12N4S3. The fourth-order valence-corrected chi connectivity index (χ4v) is 4.80. The molecule has 7 heteroatoms. The quantitative estimate of drug-likeness (QED) is 0.601. The minimum Gasteiger partial charge on any atom is -0.310 e. The SMILES string of the molecule is NC(c1nccs1)(c1nccs1)c1ccccc1-c1nccs1. The van der Waals surface area contributed by atoms with Gasteiger partial charge < -0.3 is 5.73 Å². The Morgan fingerprint density at radius 3 is 1.96 bits per heavy atom. The Morgan fingerprint density at radius 1 is 0.783 bits per heavy atom. The summed E-state index contributed by atoms with van der Waals surface area (Å²) in [6.45, 7) is 0. The lowest BCUT2D eigenvalue weighted by Gasteiger charge is -2.27. The third kappa shape index (κ3) is 2.42. The van der Waals surface area contributed by atoms with Crippen molar-refractivity contribution in [3.63, 3.8) is 0 Å². The average molecular weight is 357 g/mol. The van der Waals surface area contributed by atoms with E-state index in [1.807, 2.05) is 40.5 Å². The normalized spacial score (nSPS) is 11.7. The summed E-state index contributed by atoms with van der Waals surface area (Å²) in [5, 5.41) is 8.46. The molecule has 4 aromatic rings. The molecule has 4 nitrogen and oxygen atoms in total. The molecule has 0 bridgehead atoms. The summed E-state index contributed by atoms with van der Waals surface area (Å²) in [5.41, 5.74) is 8.06. The van der Waals surface area contributed by atoms with Crippen molar-refractivity contribution in [2.75, 3.05) is 0 Å². The van der Waals surface area contributed by atoms with E-state index in [9.17, 15) is 0 Å². The zero-order chi connectivity index (χ0) is 15.7. The molecule has 0 radical (unpaired) electrons. The van der Waals surface area contributed by atoms with Crippen molar-refractivity contribution in [1.29, 1.82) is 0 Å². The van der Waals surface area contributed by atoms with Gasteiger partial charge in [0.25, 0.3) is 0 Å².